The van der Waals surface area contributed by atoms with Crippen LogP contribution in [0.4, 0.5) is 13.2 Å². The summed E-state index contributed by atoms with van der Waals surface area (Å²) < 4.78 is 61.6. The summed E-state index contributed by atoms with van der Waals surface area (Å²) in [6.07, 6.45) is 0.746. The number of nitrogens with one attached hydrogen (secondary N) is 2. The smallest absolute Gasteiger partial charge is 0.357 e. The van der Waals surface area contributed by atoms with Crippen LogP contribution in [-0.2, 0) is 16.6 Å². The fourth-order valence-electron chi connectivity index (χ4n) is 3.70. The minimum Gasteiger partial charge on any atom is -0.357 e. The second kappa shape index (κ2) is 11.7. The maximum Gasteiger partial charge on any atom is 0.511 e. The highest BCUT2D eigenvalue weighted by Gasteiger charge is 2.50. The molecule has 1 aliphatic heterocycles. The van der Waals surface area contributed by atoms with Gasteiger partial charge >= 0.3 is 15.5 Å². The van der Waals surface area contributed by atoms with Gasteiger partial charge in [0.15, 0.2) is 5.96 Å². The lowest BCUT2D eigenvalue weighted by atomic mass is 9.98. The highest BCUT2D eigenvalue weighted by atomic mass is 127. The molecule has 1 saturated heterocycles. The fourth-order valence-corrected chi connectivity index (χ4v) is 4.68. The predicted molar refractivity (Wildman–Crippen MR) is 128 cm³/mol. The molecule has 0 unspecified atom stereocenters. The fraction of sp³-hybridized carbons (Fsp3) is 0.650. The Kier molecular flexibility index (Phi) is 10.5. The number of halogens is 4. The molecule has 1 aromatic carbocycles. The Morgan fingerprint density at radius 3 is 2.16 bits per heavy atom. The third-order valence-corrected chi connectivity index (χ3v) is 6.97. The number of sulfonamides is 1. The van der Waals surface area contributed by atoms with E-state index in [-0.39, 0.29) is 43.0 Å². The summed E-state index contributed by atoms with van der Waals surface area (Å²) in [6.45, 7) is 9.63. The molecule has 0 saturated carbocycles. The first-order chi connectivity index (χ1) is 14.0. The van der Waals surface area contributed by atoms with Crippen molar-refractivity contribution < 1.29 is 21.6 Å². The van der Waals surface area contributed by atoms with E-state index in [0.717, 1.165) is 0 Å². The van der Waals surface area contributed by atoms with E-state index in [1.54, 1.807) is 0 Å². The molecule has 1 aromatic rings. The van der Waals surface area contributed by atoms with Crippen LogP contribution in [0.2, 0.25) is 0 Å². The summed E-state index contributed by atoms with van der Waals surface area (Å²) >= 11 is 0. The molecule has 1 fully saturated rings. The van der Waals surface area contributed by atoms with Crippen molar-refractivity contribution in [1.29, 1.82) is 0 Å². The lowest BCUT2D eigenvalue weighted by molar-refractivity contribution is -0.0496. The average Bonchev–Trinajstić information content (AvgIpc) is 2.64. The van der Waals surface area contributed by atoms with Crippen LogP contribution >= 0.6 is 24.0 Å². The van der Waals surface area contributed by atoms with E-state index in [1.165, 1.54) is 22.3 Å². The molecule has 2 N–H and O–H groups in total. The first kappa shape index (κ1) is 28.0. The Balaban J connectivity index is 0.00000480. The Bertz CT molecular complexity index is 845. The van der Waals surface area contributed by atoms with Crippen LogP contribution in [0.1, 0.15) is 42.0 Å². The summed E-state index contributed by atoms with van der Waals surface area (Å²) in [4.78, 5) is 4.65. The molecule has 11 heteroatoms. The monoisotopic (exact) mass is 576 g/mol. The van der Waals surface area contributed by atoms with Crippen LogP contribution in [-0.4, -0.2) is 50.4 Å². The minimum atomic E-state index is -5.24. The molecule has 1 aliphatic rings. The first-order valence-corrected chi connectivity index (χ1v) is 11.5. The van der Waals surface area contributed by atoms with Gasteiger partial charge in [-0.2, -0.15) is 17.5 Å². The molecule has 31 heavy (non-hydrogen) atoms. The molecule has 0 aromatic heterocycles. The number of guanidine groups is 1. The summed E-state index contributed by atoms with van der Waals surface area (Å²) in [5.74, 6) is 0.721. The first-order valence-electron chi connectivity index (χ1n) is 10.1. The molecule has 0 amide bonds. The zero-order valence-electron chi connectivity index (χ0n) is 18.3. The largest absolute Gasteiger partial charge is 0.511 e. The number of nitrogens with zero attached hydrogens (tertiary/aromatic N) is 2. The van der Waals surface area contributed by atoms with E-state index >= 15 is 0 Å². The third-order valence-electron chi connectivity index (χ3n) is 5.34. The summed E-state index contributed by atoms with van der Waals surface area (Å²) in [5.41, 5.74) is -0.490. The normalized spacial score (nSPS) is 16.7. The van der Waals surface area contributed by atoms with E-state index in [2.05, 4.69) is 48.5 Å². The molecule has 178 valence electrons. The lowest BCUT2D eigenvalue weighted by Gasteiger charge is -2.31. The number of alkyl halides is 3. The lowest BCUT2D eigenvalue weighted by Crippen LogP contribution is -2.47. The van der Waals surface area contributed by atoms with Crippen LogP contribution in [0.25, 0.3) is 0 Å². The number of aliphatic imine (C=N–C) groups is 1. The number of aryl methyl sites for hydroxylation is 3. The molecule has 2 rings (SSSR count). The summed E-state index contributed by atoms with van der Waals surface area (Å²) in [6, 6.07) is 4.25. The molecule has 0 atom stereocenters. The van der Waals surface area contributed by atoms with Crippen molar-refractivity contribution in [1.82, 2.24) is 14.9 Å². The SMILES string of the molecule is CCNC(=NCc1c(C)cc(C)cc1C)NCC1CCN(S(=O)(=O)C(F)(F)F)CC1.I. The minimum absolute atomic E-state index is 0. The van der Waals surface area contributed by atoms with Gasteiger partial charge in [-0.05, 0) is 63.1 Å². The molecule has 0 bridgehead atoms. The number of hydrogen-bond acceptors (Lipinski definition) is 3. The van der Waals surface area contributed by atoms with Crippen LogP contribution in [0.15, 0.2) is 17.1 Å². The van der Waals surface area contributed by atoms with Gasteiger partial charge in [0.2, 0.25) is 0 Å². The van der Waals surface area contributed by atoms with Gasteiger partial charge in [0.25, 0.3) is 0 Å². The second-order valence-corrected chi connectivity index (χ2v) is 9.68. The van der Waals surface area contributed by atoms with Gasteiger partial charge in [0, 0.05) is 26.2 Å². The number of piperidine rings is 1. The van der Waals surface area contributed by atoms with Gasteiger partial charge in [-0.15, -0.1) is 24.0 Å². The molecule has 1 heterocycles. The molecule has 0 radical (unpaired) electrons. The zero-order chi connectivity index (χ0) is 22.5. The van der Waals surface area contributed by atoms with Crippen molar-refractivity contribution in [2.24, 2.45) is 10.9 Å². The molecular weight excluding hydrogens is 544 g/mol. The Hall–Kier alpha value is -1.08. The summed E-state index contributed by atoms with van der Waals surface area (Å²) in [5, 5.41) is 6.42. The second-order valence-electron chi connectivity index (χ2n) is 7.75. The van der Waals surface area contributed by atoms with E-state index in [9.17, 15) is 21.6 Å². The topological polar surface area (TPSA) is 73.8 Å². The van der Waals surface area contributed by atoms with Crippen molar-refractivity contribution in [2.45, 2.75) is 52.6 Å². The van der Waals surface area contributed by atoms with Crippen LogP contribution in [0, 0.1) is 26.7 Å². The molecular formula is C20H32F3IN4O2S. The quantitative estimate of drug-likeness (QED) is 0.307. The van der Waals surface area contributed by atoms with E-state index < -0.39 is 15.5 Å². The van der Waals surface area contributed by atoms with Gasteiger partial charge in [0.1, 0.15) is 0 Å². The Morgan fingerprint density at radius 2 is 1.68 bits per heavy atom. The highest BCUT2D eigenvalue weighted by molar-refractivity contribution is 14.0. The van der Waals surface area contributed by atoms with Crippen LogP contribution in [0.3, 0.4) is 0 Å². The summed E-state index contributed by atoms with van der Waals surface area (Å²) in [7, 11) is -5.24. The standard InChI is InChI=1S/C20H31F3N4O2S.HI/c1-5-24-19(26-13-18-15(3)10-14(2)11-16(18)4)25-12-17-6-8-27(9-7-17)30(28,29)20(21,22)23;/h10-11,17H,5-9,12-13H2,1-4H3,(H2,24,25,26);1H. The van der Waals surface area contributed by atoms with Crippen molar-refractivity contribution in [3.8, 4) is 0 Å². The average molecular weight is 576 g/mol. The van der Waals surface area contributed by atoms with Crippen LogP contribution in [0.5, 0.6) is 0 Å². The predicted octanol–water partition coefficient (Wildman–Crippen LogP) is 3.85. The Labute approximate surface area is 200 Å². The van der Waals surface area contributed by atoms with Crippen molar-refractivity contribution in [3.05, 3.63) is 34.4 Å². The Morgan fingerprint density at radius 1 is 1.13 bits per heavy atom. The maximum atomic E-state index is 12.7. The van der Waals surface area contributed by atoms with Gasteiger partial charge in [-0.25, -0.2) is 13.4 Å². The number of benzene rings is 1. The molecule has 6 nitrogen and oxygen atoms in total. The third kappa shape index (κ3) is 7.48. The van der Waals surface area contributed by atoms with E-state index in [4.69, 9.17) is 0 Å². The zero-order valence-corrected chi connectivity index (χ0v) is 21.5. The van der Waals surface area contributed by atoms with Gasteiger partial charge in [0.05, 0.1) is 6.54 Å². The number of rotatable bonds is 6. The highest BCUT2D eigenvalue weighted by Crippen LogP contribution is 2.30. The van der Waals surface area contributed by atoms with E-state index in [1.807, 2.05) is 6.92 Å². The van der Waals surface area contributed by atoms with Crippen LogP contribution < -0.4 is 10.6 Å². The maximum absolute atomic E-state index is 12.7. The molecule has 0 aliphatic carbocycles. The molecule has 0 spiro atoms. The number of hydrogen-bond donors (Lipinski definition) is 2. The van der Waals surface area contributed by atoms with Crippen molar-refractivity contribution >= 4 is 40.0 Å². The van der Waals surface area contributed by atoms with Gasteiger partial charge in [-0.3, -0.25) is 0 Å². The van der Waals surface area contributed by atoms with Gasteiger partial charge in [-0.1, -0.05) is 17.7 Å². The van der Waals surface area contributed by atoms with E-state index in [0.29, 0.717) is 42.7 Å². The van der Waals surface area contributed by atoms with Gasteiger partial charge < -0.3 is 10.6 Å². The van der Waals surface area contributed by atoms with Crippen molar-refractivity contribution in [3.63, 3.8) is 0 Å². The van der Waals surface area contributed by atoms with Crippen molar-refractivity contribution in [2.75, 3.05) is 26.2 Å².